The summed E-state index contributed by atoms with van der Waals surface area (Å²) in [6, 6.07) is 7.45. The number of aromatic nitrogens is 4. The molecule has 0 aliphatic carbocycles. The molecule has 204 valence electrons. The molecule has 17 heteroatoms. The van der Waals surface area contributed by atoms with Crippen molar-refractivity contribution in [3.05, 3.63) is 47.1 Å². The van der Waals surface area contributed by atoms with Crippen LogP contribution in [0.5, 0.6) is 5.75 Å². The van der Waals surface area contributed by atoms with E-state index in [1.54, 1.807) is 48.7 Å². The molecule has 2 aromatic heterocycles. The molecule has 4 rings (SSSR count). The van der Waals surface area contributed by atoms with Crippen LogP contribution in [0.2, 0.25) is 0 Å². The quantitative estimate of drug-likeness (QED) is 0.0533. The van der Waals surface area contributed by atoms with Gasteiger partial charge in [-0.15, -0.1) is 0 Å². The zero-order valence-corrected chi connectivity index (χ0v) is 21.7. The molecular weight excluding hydrogens is 519 g/mol. The minimum atomic E-state index is -3.95. The minimum Gasteiger partial charge on any atom is -0.413 e. The molecule has 5 N–H and O–H groups in total. The van der Waals surface area contributed by atoms with E-state index in [0.717, 1.165) is 0 Å². The summed E-state index contributed by atoms with van der Waals surface area (Å²) < 4.78 is 33.0. The van der Waals surface area contributed by atoms with Crippen molar-refractivity contribution in [3.8, 4) is 5.75 Å². The lowest BCUT2D eigenvalue weighted by molar-refractivity contribution is -0.293. The zero-order valence-electron chi connectivity index (χ0n) is 20.8. The van der Waals surface area contributed by atoms with Gasteiger partial charge in [-0.1, -0.05) is 23.3 Å². The average molecular weight is 549 g/mol. The molecule has 1 aromatic carbocycles. The van der Waals surface area contributed by atoms with Crippen LogP contribution in [-0.2, 0) is 23.6 Å². The summed E-state index contributed by atoms with van der Waals surface area (Å²) in [5, 5.41) is 6.68. The molecule has 0 saturated carbocycles. The number of benzene rings is 1. The van der Waals surface area contributed by atoms with Crippen molar-refractivity contribution in [2.24, 2.45) is 5.11 Å². The maximum Gasteiger partial charge on any atom is 0.459 e. The summed E-state index contributed by atoms with van der Waals surface area (Å²) in [6.45, 7) is 3.74. The van der Waals surface area contributed by atoms with Gasteiger partial charge in [0.25, 0.3) is 0 Å². The Kier molecular flexibility index (Phi) is 8.97. The van der Waals surface area contributed by atoms with E-state index in [-0.39, 0.29) is 31.4 Å². The first-order valence-electron chi connectivity index (χ1n) is 11.8. The van der Waals surface area contributed by atoms with Crippen LogP contribution in [0.1, 0.15) is 26.5 Å². The number of hydrogen-bond donors (Lipinski definition) is 3. The molecule has 1 aliphatic heterocycles. The molecule has 0 amide bonds. The number of fused-ring (bicyclic) bond motifs is 1. The molecule has 16 nitrogen and oxygen atoms in total. The highest BCUT2D eigenvalue weighted by atomic mass is 31.2. The lowest BCUT2D eigenvalue weighted by Crippen LogP contribution is -2.33. The van der Waals surface area contributed by atoms with E-state index >= 15 is 0 Å². The van der Waals surface area contributed by atoms with Crippen molar-refractivity contribution in [2.75, 3.05) is 31.3 Å². The van der Waals surface area contributed by atoms with Gasteiger partial charge in [-0.2, -0.15) is 9.97 Å². The van der Waals surface area contributed by atoms with Crippen LogP contribution in [0.4, 0.5) is 11.8 Å². The van der Waals surface area contributed by atoms with E-state index in [2.05, 4.69) is 30.1 Å². The molecule has 2 unspecified atom stereocenters. The summed E-state index contributed by atoms with van der Waals surface area (Å²) in [5.74, 6) is 0.440. The second-order valence-electron chi connectivity index (χ2n) is 8.35. The van der Waals surface area contributed by atoms with Crippen LogP contribution in [0.3, 0.4) is 0 Å². The molecule has 3 aromatic rings. The largest absolute Gasteiger partial charge is 0.459 e. The zero-order chi connectivity index (χ0) is 27.1. The Hall–Kier alpha value is -3.49. The van der Waals surface area contributed by atoms with E-state index in [4.69, 9.17) is 40.6 Å². The molecule has 0 bridgehead atoms. The predicted molar refractivity (Wildman–Crippen MR) is 136 cm³/mol. The first kappa shape index (κ1) is 27.5. The number of imidazole rings is 1. The Balaban J connectivity index is 1.51. The normalized spacial score (nSPS) is 21.6. The van der Waals surface area contributed by atoms with Gasteiger partial charge in [0.15, 0.2) is 11.5 Å². The fourth-order valence-corrected chi connectivity index (χ4v) is 5.35. The SMILES string of the molecule is CCOOC[C@H](C)NP(=O)(OC[C@@H]1O[C@H](n2cnc3c(N)nc(N)nc32)CC1N=[N+]=[N-])Oc1ccccc1. The third-order valence-electron chi connectivity index (χ3n) is 5.46. The Bertz CT molecular complexity index is 1320. The van der Waals surface area contributed by atoms with E-state index in [0.29, 0.717) is 23.5 Å². The van der Waals surface area contributed by atoms with Crippen LogP contribution in [0.25, 0.3) is 21.6 Å². The summed E-state index contributed by atoms with van der Waals surface area (Å²) in [6.07, 6.45) is 0.345. The van der Waals surface area contributed by atoms with Gasteiger partial charge in [0.1, 0.15) is 17.5 Å². The second-order valence-corrected chi connectivity index (χ2v) is 10.0. The fourth-order valence-electron chi connectivity index (χ4n) is 3.81. The maximum atomic E-state index is 13.7. The number of ether oxygens (including phenoxy) is 1. The number of rotatable bonds is 13. The number of anilines is 2. The highest BCUT2D eigenvalue weighted by Crippen LogP contribution is 2.46. The van der Waals surface area contributed by atoms with Crippen LogP contribution in [-0.4, -0.2) is 57.5 Å². The fraction of sp³-hybridized carbons (Fsp3) is 0.476. The average Bonchev–Trinajstić information content (AvgIpc) is 3.48. The van der Waals surface area contributed by atoms with Crippen molar-refractivity contribution in [3.63, 3.8) is 0 Å². The molecule has 1 fully saturated rings. The van der Waals surface area contributed by atoms with Crippen LogP contribution in [0.15, 0.2) is 41.8 Å². The van der Waals surface area contributed by atoms with Gasteiger partial charge in [0.05, 0.1) is 38.3 Å². The first-order chi connectivity index (χ1) is 18.3. The number of azide groups is 1. The summed E-state index contributed by atoms with van der Waals surface area (Å²) in [4.78, 5) is 25.3. The van der Waals surface area contributed by atoms with Crippen molar-refractivity contribution in [1.82, 2.24) is 24.6 Å². The summed E-state index contributed by atoms with van der Waals surface area (Å²) >= 11 is 0. The molecule has 0 radical (unpaired) electrons. The molecule has 0 spiro atoms. The van der Waals surface area contributed by atoms with E-state index in [9.17, 15) is 4.57 Å². The number of para-hydroxylation sites is 1. The second kappa shape index (κ2) is 12.4. The Morgan fingerprint density at radius 1 is 1.32 bits per heavy atom. The standard InChI is InChI=1S/C21H29N10O6P/c1-3-33-34-10-13(2)29-38(32,37-14-7-5-4-6-8-14)35-11-16-15(28-30-24)9-17(36-16)31-12-25-18-19(22)26-21(23)27-20(18)31/h4-8,12-13,15-17H,3,9-11H2,1-2H3,(H,29,32)(H4,22,23,26,27)/t13-,15?,16-,17-,38?/m0/s1. The minimum absolute atomic E-state index is 0.0197. The number of nitrogen functional groups attached to an aromatic ring is 2. The Morgan fingerprint density at radius 3 is 2.84 bits per heavy atom. The number of nitrogens with zero attached hydrogens (tertiary/aromatic N) is 7. The van der Waals surface area contributed by atoms with Crippen molar-refractivity contribution >= 4 is 30.7 Å². The highest BCUT2D eigenvalue weighted by molar-refractivity contribution is 7.52. The smallest absolute Gasteiger partial charge is 0.413 e. The van der Waals surface area contributed by atoms with Crippen molar-refractivity contribution < 1.29 is 28.1 Å². The predicted octanol–water partition coefficient (Wildman–Crippen LogP) is 3.11. The summed E-state index contributed by atoms with van der Waals surface area (Å²) in [5.41, 5.74) is 21.5. The molecule has 1 aliphatic rings. The topological polar surface area (TPSA) is 220 Å². The van der Waals surface area contributed by atoms with E-state index < -0.39 is 32.2 Å². The van der Waals surface area contributed by atoms with E-state index in [1.165, 1.54) is 6.33 Å². The number of hydrogen-bond acceptors (Lipinski definition) is 12. The van der Waals surface area contributed by atoms with Gasteiger partial charge in [0, 0.05) is 17.4 Å². The molecular formula is C21H29N10O6P. The molecule has 3 heterocycles. The van der Waals surface area contributed by atoms with Gasteiger partial charge in [-0.05, 0) is 31.5 Å². The molecule has 1 saturated heterocycles. The Labute approximate surface area is 217 Å². The van der Waals surface area contributed by atoms with Crippen LogP contribution >= 0.6 is 7.75 Å². The van der Waals surface area contributed by atoms with Crippen molar-refractivity contribution in [2.45, 2.75) is 44.7 Å². The monoisotopic (exact) mass is 548 g/mol. The van der Waals surface area contributed by atoms with Gasteiger partial charge in [-0.25, -0.2) is 24.4 Å². The third kappa shape index (κ3) is 6.68. The number of nitrogens with one attached hydrogen (secondary N) is 1. The molecule has 5 atom stereocenters. The van der Waals surface area contributed by atoms with Gasteiger partial charge >= 0.3 is 7.75 Å². The van der Waals surface area contributed by atoms with Gasteiger partial charge in [-0.3, -0.25) is 9.09 Å². The third-order valence-corrected chi connectivity index (χ3v) is 7.15. The Morgan fingerprint density at radius 2 is 2.11 bits per heavy atom. The first-order valence-corrected chi connectivity index (χ1v) is 13.3. The lowest BCUT2D eigenvalue weighted by atomic mass is 10.1. The lowest BCUT2D eigenvalue weighted by Gasteiger charge is -2.25. The van der Waals surface area contributed by atoms with E-state index in [1.807, 2.05) is 0 Å². The molecule has 38 heavy (non-hydrogen) atoms. The summed E-state index contributed by atoms with van der Waals surface area (Å²) in [7, 11) is -3.95. The highest BCUT2D eigenvalue weighted by Gasteiger charge is 2.39. The van der Waals surface area contributed by atoms with Crippen LogP contribution < -0.4 is 21.1 Å². The number of nitrogens with two attached hydrogens (primary N) is 2. The van der Waals surface area contributed by atoms with Crippen LogP contribution in [0, 0.1) is 0 Å². The van der Waals surface area contributed by atoms with Gasteiger partial charge < -0.3 is 20.7 Å². The maximum absolute atomic E-state index is 13.7. The van der Waals surface area contributed by atoms with Crippen molar-refractivity contribution in [1.29, 1.82) is 0 Å². The van der Waals surface area contributed by atoms with Gasteiger partial charge in [0.2, 0.25) is 5.95 Å².